The number of amides is 2. The number of nitrogens with zero attached hydrogens (tertiary/aromatic N) is 3. The smallest absolute Gasteiger partial charge is 0.236 e. The Kier molecular flexibility index (Phi) is 8.14. The molecule has 1 fully saturated rings. The van der Waals surface area contributed by atoms with Crippen molar-refractivity contribution in [3.05, 3.63) is 71.0 Å². The van der Waals surface area contributed by atoms with Gasteiger partial charge in [-0.1, -0.05) is 48.0 Å². The van der Waals surface area contributed by atoms with Crippen molar-refractivity contribution in [2.75, 3.05) is 46.3 Å². The second-order valence-corrected chi connectivity index (χ2v) is 8.19. The van der Waals surface area contributed by atoms with Crippen molar-refractivity contribution >= 4 is 11.8 Å². The lowest BCUT2D eigenvalue weighted by atomic mass is 10.1. The van der Waals surface area contributed by atoms with Crippen LogP contribution in [0.25, 0.3) is 0 Å². The highest BCUT2D eigenvalue weighted by Gasteiger charge is 2.22. The topological polar surface area (TPSA) is 55.9 Å². The first-order valence-corrected chi connectivity index (χ1v) is 10.6. The fraction of sp³-hybridized carbons (Fsp3) is 0.417. The van der Waals surface area contributed by atoms with Crippen LogP contribution in [0.3, 0.4) is 0 Å². The lowest BCUT2D eigenvalue weighted by molar-refractivity contribution is -0.134. The van der Waals surface area contributed by atoms with E-state index in [0.29, 0.717) is 18.7 Å². The molecular weight excluding hydrogens is 395 g/mol. The molecule has 2 aromatic rings. The van der Waals surface area contributed by atoms with E-state index < -0.39 is 0 Å². The molecule has 1 aliphatic rings. The summed E-state index contributed by atoms with van der Waals surface area (Å²) in [6.45, 7) is 6.46. The molecule has 1 aliphatic heterocycles. The molecule has 0 atom stereocenters. The largest absolute Gasteiger partial charge is 0.351 e. The number of halogens is 1. The van der Waals surface area contributed by atoms with E-state index in [1.54, 1.807) is 30.1 Å². The molecule has 1 heterocycles. The maximum absolute atomic E-state index is 13.6. The first-order chi connectivity index (χ1) is 14.9. The van der Waals surface area contributed by atoms with Crippen LogP contribution < -0.4 is 5.32 Å². The molecule has 0 saturated carbocycles. The van der Waals surface area contributed by atoms with E-state index in [0.717, 1.165) is 19.6 Å². The number of hydrogen-bond acceptors (Lipinski definition) is 4. The zero-order chi connectivity index (χ0) is 22.2. The number of likely N-dealkylation sites (N-methyl/N-ethyl adjacent to an activating group) is 1. The number of piperazine rings is 1. The predicted molar refractivity (Wildman–Crippen MR) is 119 cm³/mol. The van der Waals surface area contributed by atoms with Crippen LogP contribution in [0.5, 0.6) is 0 Å². The van der Waals surface area contributed by atoms with Gasteiger partial charge in [-0.05, 0) is 25.6 Å². The van der Waals surface area contributed by atoms with Gasteiger partial charge in [0.2, 0.25) is 11.8 Å². The van der Waals surface area contributed by atoms with Gasteiger partial charge in [-0.15, -0.1) is 0 Å². The van der Waals surface area contributed by atoms with Gasteiger partial charge in [0.1, 0.15) is 5.82 Å². The fourth-order valence-corrected chi connectivity index (χ4v) is 3.75. The fourth-order valence-electron chi connectivity index (χ4n) is 3.75. The van der Waals surface area contributed by atoms with Gasteiger partial charge in [-0.3, -0.25) is 19.4 Å². The standard InChI is InChI=1S/C24H31FN4O2/c1-19-6-5-7-20(14-19)16-28-10-12-29(13-11-28)24(31)18-27(2)17-23(30)26-15-21-8-3-4-9-22(21)25/h3-9,14H,10-13,15-18H2,1-2H3,(H,26,30). The number of benzene rings is 2. The molecule has 2 amide bonds. The molecule has 3 rings (SSSR count). The second-order valence-electron chi connectivity index (χ2n) is 8.19. The molecule has 0 aliphatic carbocycles. The molecule has 1 N–H and O–H groups in total. The van der Waals surface area contributed by atoms with Gasteiger partial charge in [-0.2, -0.15) is 0 Å². The number of carbonyl (C=O) groups excluding carboxylic acids is 2. The Balaban J connectivity index is 1.37. The van der Waals surface area contributed by atoms with Crippen LogP contribution in [-0.2, 0) is 22.7 Å². The number of rotatable bonds is 8. The van der Waals surface area contributed by atoms with Crippen molar-refractivity contribution < 1.29 is 14.0 Å². The Morgan fingerprint density at radius 1 is 1.03 bits per heavy atom. The van der Waals surface area contributed by atoms with Crippen molar-refractivity contribution in [2.24, 2.45) is 0 Å². The van der Waals surface area contributed by atoms with Gasteiger partial charge in [0.05, 0.1) is 13.1 Å². The second kappa shape index (κ2) is 11.0. The summed E-state index contributed by atoms with van der Waals surface area (Å²) in [5.41, 5.74) is 2.99. The third-order valence-corrected chi connectivity index (χ3v) is 5.47. The first kappa shape index (κ1) is 22.9. The molecule has 0 spiro atoms. The van der Waals surface area contributed by atoms with Crippen LogP contribution in [0.15, 0.2) is 48.5 Å². The van der Waals surface area contributed by atoms with E-state index in [2.05, 4.69) is 41.4 Å². The quantitative estimate of drug-likeness (QED) is 0.702. The normalized spacial score (nSPS) is 14.6. The third kappa shape index (κ3) is 7.15. The van der Waals surface area contributed by atoms with Crippen LogP contribution in [-0.4, -0.2) is 72.8 Å². The van der Waals surface area contributed by atoms with Crippen molar-refractivity contribution in [2.45, 2.75) is 20.0 Å². The minimum Gasteiger partial charge on any atom is -0.351 e. The molecule has 31 heavy (non-hydrogen) atoms. The Morgan fingerprint density at radius 3 is 2.48 bits per heavy atom. The van der Waals surface area contributed by atoms with E-state index in [1.165, 1.54) is 17.2 Å². The summed E-state index contributed by atoms with van der Waals surface area (Å²) < 4.78 is 13.6. The van der Waals surface area contributed by atoms with E-state index >= 15 is 0 Å². The monoisotopic (exact) mass is 426 g/mol. The molecule has 7 heteroatoms. The number of hydrogen-bond donors (Lipinski definition) is 1. The lowest BCUT2D eigenvalue weighted by Gasteiger charge is -2.35. The zero-order valence-corrected chi connectivity index (χ0v) is 18.3. The summed E-state index contributed by atoms with van der Waals surface area (Å²) in [7, 11) is 1.74. The van der Waals surface area contributed by atoms with Gasteiger partial charge in [-0.25, -0.2) is 4.39 Å². The van der Waals surface area contributed by atoms with E-state index in [9.17, 15) is 14.0 Å². The maximum Gasteiger partial charge on any atom is 0.236 e. The van der Waals surface area contributed by atoms with Crippen LogP contribution in [0.4, 0.5) is 4.39 Å². The van der Waals surface area contributed by atoms with Crippen molar-refractivity contribution in [3.8, 4) is 0 Å². The first-order valence-electron chi connectivity index (χ1n) is 10.6. The number of carbonyl (C=O) groups is 2. The summed E-state index contributed by atoms with van der Waals surface area (Å²) in [5.74, 6) is -0.547. The van der Waals surface area contributed by atoms with Crippen LogP contribution in [0, 0.1) is 12.7 Å². The number of aryl methyl sites for hydroxylation is 1. The van der Waals surface area contributed by atoms with Crippen molar-refractivity contribution in [1.29, 1.82) is 0 Å². The molecule has 0 bridgehead atoms. The zero-order valence-electron chi connectivity index (χ0n) is 18.3. The summed E-state index contributed by atoms with van der Waals surface area (Å²) in [5, 5.41) is 2.70. The molecule has 166 valence electrons. The van der Waals surface area contributed by atoms with Gasteiger partial charge in [0.25, 0.3) is 0 Å². The van der Waals surface area contributed by atoms with E-state index in [-0.39, 0.29) is 37.3 Å². The number of nitrogens with one attached hydrogen (secondary N) is 1. The summed E-state index contributed by atoms with van der Waals surface area (Å²) in [4.78, 5) is 30.7. The van der Waals surface area contributed by atoms with Crippen molar-refractivity contribution in [1.82, 2.24) is 20.0 Å². The minimum atomic E-state index is -0.340. The Hall–Kier alpha value is -2.77. The summed E-state index contributed by atoms with van der Waals surface area (Å²) in [6.07, 6.45) is 0. The molecule has 2 aromatic carbocycles. The molecule has 1 saturated heterocycles. The molecule has 6 nitrogen and oxygen atoms in total. The summed E-state index contributed by atoms with van der Waals surface area (Å²) in [6, 6.07) is 14.9. The van der Waals surface area contributed by atoms with E-state index in [4.69, 9.17) is 0 Å². The Labute approximate surface area is 183 Å². The predicted octanol–water partition coefficient (Wildman–Crippen LogP) is 2.03. The highest BCUT2D eigenvalue weighted by atomic mass is 19.1. The van der Waals surface area contributed by atoms with Crippen LogP contribution in [0.2, 0.25) is 0 Å². The SMILES string of the molecule is Cc1cccc(CN2CCN(C(=O)CN(C)CC(=O)NCc3ccccc3F)CC2)c1. The Morgan fingerprint density at radius 2 is 1.77 bits per heavy atom. The molecule has 0 aromatic heterocycles. The molecular formula is C24H31FN4O2. The van der Waals surface area contributed by atoms with E-state index in [1.807, 2.05) is 4.90 Å². The Bertz CT molecular complexity index is 897. The van der Waals surface area contributed by atoms with Gasteiger partial charge in [0.15, 0.2) is 0 Å². The highest BCUT2D eigenvalue weighted by molar-refractivity contribution is 5.81. The van der Waals surface area contributed by atoms with Gasteiger partial charge in [0, 0.05) is 44.8 Å². The minimum absolute atomic E-state index is 0.0274. The summed E-state index contributed by atoms with van der Waals surface area (Å²) >= 11 is 0. The van der Waals surface area contributed by atoms with Crippen LogP contribution in [0.1, 0.15) is 16.7 Å². The average Bonchev–Trinajstić information content (AvgIpc) is 2.73. The maximum atomic E-state index is 13.6. The molecule has 0 radical (unpaired) electrons. The average molecular weight is 427 g/mol. The van der Waals surface area contributed by atoms with Gasteiger partial charge < -0.3 is 10.2 Å². The molecule has 0 unspecified atom stereocenters. The highest BCUT2D eigenvalue weighted by Crippen LogP contribution is 2.11. The lowest BCUT2D eigenvalue weighted by Crippen LogP contribution is -2.51. The third-order valence-electron chi connectivity index (χ3n) is 5.47. The van der Waals surface area contributed by atoms with Crippen molar-refractivity contribution in [3.63, 3.8) is 0 Å². The van der Waals surface area contributed by atoms with Crippen LogP contribution >= 0.6 is 0 Å². The van der Waals surface area contributed by atoms with Gasteiger partial charge >= 0.3 is 0 Å².